The SMILES string of the molecule is CCCN(c1nccc(C)c1Br)C1CC1. The Morgan fingerprint density at radius 2 is 2.27 bits per heavy atom. The summed E-state index contributed by atoms with van der Waals surface area (Å²) in [6.07, 6.45) is 5.73. The molecule has 3 heteroatoms. The van der Waals surface area contributed by atoms with Crippen LogP contribution in [-0.2, 0) is 0 Å². The average molecular weight is 269 g/mol. The van der Waals surface area contributed by atoms with Crippen LogP contribution in [0.1, 0.15) is 31.7 Å². The molecule has 15 heavy (non-hydrogen) atoms. The molecule has 0 aromatic carbocycles. The van der Waals surface area contributed by atoms with E-state index in [2.05, 4.69) is 39.7 Å². The number of anilines is 1. The standard InChI is InChI=1S/C12H17BrN2/c1-3-8-15(10-4-5-10)12-11(13)9(2)6-7-14-12/h6-7,10H,3-5,8H2,1-2H3. The highest BCUT2D eigenvalue weighted by Gasteiger charge is 2.30. The Morgan fingerprint density at radius 3 is 2.87 bits per heavy atom. The molecule has 0 bridgehead atoms. The minimum atomic E-state index is 0.732. The highest BCUT2D eigenvalue weighted by atomic mass is 79.9. The summed E-state index contributed by atoms with van der Waals surface area (Å²) < 4.78 is 1.16. The van der Waals surface area contributed by atoms with Gasteiger partial charge in [-0.1, -0.05) is 6.92 Å². The van der Waals surface area contributed by atoms with Gasteiger partial charge in [0.05, 0.1) is 4.47 Å². The number of pyridine rings is 1. The van der Waals surface area contributed by atoms with Crippen LogP contribution < -0.4 is 4.90 Å². The third kappa shape index (κ3) is 2.33. The smallest absolute Gasteiger partial charge is 0.143 e. The van der Waals surface area contributed by atoms with Gasteiger partial charge in [-0.25, -0.2) is 4.98 Å². The molecule has 2 rings (SSSR count). The number of nitrogens with zero attached hydrogens (tertiary/aromatic N) is 2. The molecule has 0 amide bonds. The topological polar surface area (TPSA) is 16.1 Å². The highest BCUT2D eigenvalue weighted by molar-refractivity contribution is 9.10. The molecule has 0 radical (unpaired) electrons. The van der Waals surface area contributed by atoms with Crippen molar-refractivity contribution in [2.24, 2.45) is 0 Å². The first kappa shape index (κ1) is 10.9. The molecule has 0 unspecified atom stereocenters. The van der Waals surface area contributed by atoms with Gasteiger partial charge in [-0.05, 0) is 53.7 Å². The van der Waals surface area contributed by atoms with Crippen LogP contribution in [0.15, 0.2) is 16.7 Å². The Morgan fingerprint density at radius 1 is 1.53 bits per heavy atom. The van der Waals surface area contributed by atoms with Gasteiger partial charge in [0.15, 0.2) is 0 Å². The Bertz CT molecular complexity index is 347. The van der Waals surface area contributed by atoms with Crippen molar-refractivity contribution < 1.29 is 0 Å². The predicted octanol–water partition coefficient (Wildman–Crippen LogP) is 3.53. The maximum atomic E-state index is 4.50. The van der Waals surface area contributed by atoms with Crippen molar-refractivity contribution in [3.63, 3.8) is 0 Å². The quantitative estimate of drug-likeness (QED) is 0.831. The van der Waals surface area contributed by atoms with Gasteiger partial charge in [0.25, 0.3) is 0 Å². The van der Waals surface area contributed by atoms with Gasteiger partial charge in [-0.3, -0.25) is 0 Å². The number of hydrogen-bond acceptors (Lipinski definition) is 2. The molecular formula is C12H17BrN2. The number of hydrogen-bond donors (Lipinski definition) is 0. The van der Waals surface area contributed by atoms with E-state index < -0.39 is 0 Å². The molecule has 1 aromatic rings. The van der Waals surface area contributed by atoms with E-state index in [1.54, 1.807) is 0 Å². The summed E-state index contributed by atoms with van der Waals surface area (Å²) in [5, 5.41) is 0. The van der Waals surface area contributed by atoms with E-state index in [-0.39, 0.29) is 0 Å². The molecule has 0 aliphatic heterocycles. The molecule has 0 saturated heterocycles. The van der Waals surface area contributed by atoms with Crippen LogP contribution in [0.2, 0.25) is 0 Å². The first-order chi connectivity index (χ1) is 7.24. The van der Waals surface area contributed by atoms with Crippen LogP contribution in [0.5, 0.6) is 0 Å². The van der Waals surface area contributed by atoms with Crippen molar-refractivity contribution in [2.45, 2.75) is 39.2 Å². The second kappa shape index (κ2) is 4.52. The molecule has 82 valence electrons. The van der Waals surface area contributed by atoms with E-state index >= 15 is 0 Å². The molecular weight excluding hydrogens is 252 g/mol. The van der Waals surface area contributed by atoms with Crippen molar-refractivity contribution in [1.82, 2.24) is 4.98 Å². The molecule has 1 saturated carbocycles. The highest BCUT2D eigenvalue weighted by Crippen LogP contribution is 2.35. The Balaban J connectivity index is 2.28. The lowest BCUT2D eigenvalue weighted by Crippen LogP contribution is -2.27. The summed E-state index contributed by atoms with van der Waals surface area (Å²) in [4.78, 5) is 6.94. The molecule has 0 N–H and O–H groups in total. The van der Waals surface area contributed by atoms with Crippen LogP contribution in [0, 0.1) is 6.92 Å². The fourth-order valence-corrected chi connectivity index (χ4v) is 2.28. The molecule has 0 atom stereocenters. The number of rotatable bonds is 4. The number of aromatic nitrogens is 1. The van der Waals surface area contributed by atoms with Gasteiger partial charge in [0, 0.05) is 18.8 Å². The summed E-state index contributed by atoms with van der Waals surface area (Å²) in [6.45, 7) is 5.45. The zero-order valence-corrected chi connectivity index (χ0v) is 10.9. The molecule has 1 aliphatic carbocycles. The second-order valence-corrected chi connectivity index (χ2v) is 4.98. The summed E-state index contributed by atoms with van der Waals surface area (Å²) in [6, 6.07) is 2.78. The maximum Gasteiger partial charge on any atom is 0.143 e. The lowest BCUT2D eigenvalue weighted by atomic mass is 10.2. The molecule has 1 aromatic heterocycles. The van der Waals surface area contributed by atoms with E-state index in [9.17, 15) is 0 Å². The number of halogens is 1. The van der Waals surface area contributed by atoms with Crippen LogP contribution in [-0.4, -0.2) is 17.6 Å². The van der Waals surface area contributed by atoms with Crippen LogP contribution >= 0.6 is 15.9 Å². The third-order valence-corrected chi connectivity index (χ3v) is 3.77. The first-order valence-corrected chi connectivity index (χ1v) is 6.41. The van der Waals surface area contributed by atoms with Crippen LogP contribution in [0.25, 0.3) is 0 Å². The largest absolute Gasteiger partial charge is 0.353 e. The fraction of sp³-hybridized carbons (Fsp3) is 0.583. The van der Waals surface area contributed by atoms with Gasteiger partial charge < -0.3 is 4.90 Å². The van der Waals surface area contributed by atoms with E-state index in [0.29, 0.717) is 0 Å². The van der Waals surface area contributed by atoms with Crippen molar-refractivity contribution in [2.75, 3.05) is 11.4 Å². The maximum absolute atomic E-state index is 4.50. The molecule has 0 spiro atoms. The summed E-state index contributed by atoms with van der Waals surface area (Å²) in [5.41, 5.74) is 1.27. The second-order valence-electron chi connectivity index (χ2n) is 4.19. The van der Waals surface area contributed by atoms with Gasteiger partial charge in [-0.2, -0.15) is 0 Å². The fourth-order valence-electron chi connectivity index (χ4n) is 1.81. The molecule has 1 heterocycles. The van der Waals surface area contributed by atoms with Crippen molar-refractivity contribution >= 4 is 21.7 Å². The van der Waals surface area contributed by atoms with Crippen molar-refractivity contribution in [3.05, 3.63) is 22.3 Å². The minimum Gasteiger partial charge on any atom is -0.353 e. The summed E-state index contributed by atoms with van der Waals surface area (Å²) in [5.74, 6) is 1.12. The van der Waals surface area contributed by atoms with Crippen molar-refractivity contribution in [3.8, 4) is 0 Å². The van der Waals surface area contributed by atoms with Gasteiger partial charge >= 0.3 is 0 Å². The minimum absolute atomic E-state index is 0.732. The van der Waals surface area contributed by atoms with E-state index in [4.69, 9.17) is 0 Å². The summed E-state index contributed by atoms with van der Waals surface area (Å²) in [7, 11) is 0. The zero-order valence-electron chi connectivity index (χ0n) is 9.33. The molecule has 1 aliphatic rings. The van der Waals surface area contributed by atoms with Gasteiger partial charge in [-0.15, -0.1) is 0 Å². The zero-order chi connectivity index (χ0) is 10.8. The van der Waals surface area contributed by atoms with Crippen molar-refractivity contribution in [1.29, 1.82) is 0 Å². The first-order valence-electron chi connectivity index (χ1n) is 5.61. The molecule has 2 nitrogen and oxygen atoms in total. The average Bonchev–Trinajstić information content (AvgIpc) is 3.03. The van der Waals surface area contributed by atoms with Gasteiger partial charge in [0.2, 0.25) is 0 Å². The predicted molar refractivity (Wildman–Crippen MR) is 67.3 cm³/mol. The molecule has 1 fully saturated rings. The Labute approximate surface area is 99.8 Å². The Kier molecular flexibility index (Phi) is 3.29. The van der Waals surface area contributed by atoms with Crippen LogP contribution in [0.3, 0.4) is 0 Å². The van der Waals surface area contributed by atoms with Gasteiger partial charge in [0.1, 0.15) is 5.82 Å². The van der Waals surface area contributed by atoms with E-state index in [1.807, 2.05) is 12.3 Å². The summed E-state index contributed by atoms with van der Waals surface area (Å²) >= 11 is 3.64. The van der Waals surface area contributed by atoms with E-state index in [0.717, 1.165) is 22.9 Å². The monoisotopic (exact) mass is 268 g/mol. The Hall–Kier alpha value is -0.570. The van der Waals surface area contributed by atoms with Crippen LogP contribution in [0.4, 0.5) is 5.82 Å². The lowest BCUT2D eigenvalue weighted by molar-refractivity contribution is 0.748. The van der Waals surface area contributed by atoms with E-state index in [1.165, 1.54) is 24.8 Å². The lowest BCUT2D eigenvalue weighted by Gasteiger charge is -2.24. The normalized spacial score (nSPS) is 15.4. The number of aryl methyl sites for hydroxylation is 1. The third-order valence-electron chi connectivity index (χ3n) is 2.79.